The number of carbonyl (C=O) groups excluding carboxylic acids is 5. The number of allylic oxidation sites excluding steroid dienone is 6. The topological polar surface area (TPSA) is 205 Å². The minimum atomic E-state index is -1.02. The van der Waals surface area contributed by atoms with E-state index in [1.807, 2.05) is 67.9 Å². The van der Waals surface area contributed by atoms with E-state index in [2.05, 4.69) is 0 Å². The van der Waals surface area contributed by atoms with Gasteiger partial charge in [0.05, 0.1) is 16.8 Å². The molecule has 0 aliphatic carbocycles. The molecule has 5 aliphatic heterocycles. The number of imide groups is 1. The van der Waals surface area contributed by atoms with Crippen LogP contribution in [0.3, 0.4) is 0 Å². The van der Waals surface area contributed by atoms with E-state index in [-0.39, 0.29) is 18.4 Å². The van der Waals surface area contributed by atoms with Gasteiger partial charge in [-0.1, -0.05) is 45.9 Å². The van der Waals surface area contributed by atoms with E-state index in [0.29, 0.717) is 59.0 Å². The quantitative estimate of drug-likeness (QED) is 0.0461. The van der Waals surface area contributed by atoms with Gasteiger partial charge in [0, 0.05) is 86.0 Å². The van der Waals surface area contributed by atoms with Gasteiger partial charge in [0.2, 0.25) is 0 Å². The molecule has 3 N–H and O–H groups in total. The van der Waals surface area contributed by atoms with Crippen molar-refractivity contribution >= 4 is 65.2 Å². The van der Waals surface area contributed by atoms with E-state index in [1.54, 1.807) is 24.6 Å². The molecule has 0 aromatic rings. The number of likely N-dealkylation sites (N-methyl/N-ethyl adjacent to an activating group) is 2. The number of hydrogen-bond donors (Lipinski definition) is 3. The zero-order valence-electron chi connectivity index (χ0n) is 33.3. The summed E-state index contributed by atoms with van der Waals surface area (Å²) in [6.45, 7) is 8.35. The van der Waals surface area contributed by atoms with Gasteiger partial charge < -0.3 is 23.7 Å². The lowest BCUT2D eigenvalue weighted by Crippen LogP contribution is -2.39. The zero-order chi connectivity index (χ0) is 42.4. The summed E-state index contributed by atoms with van der Waals surface area (Å²) in [7, 11) is 2.62. The molecule has 17 nitrogen and oxygen atoms in total. The number of amides is 4. The van der Waals surface area contributed by atoms with Crippen molar-refractivity contribution in [2.75, 3.05) is 45.3 Å². The summed E-state index contributed by atoms with van der Waals surface area (Å²) in [5.41, 5.74) is 2.70. The Balaban J connectivity index is 1.30. The summed E-state index contributed by atoms with van der Waals surface area (Å²) in [6.07, 6.45) is 17.1. The van der Waals surface area contributed by atoms with Gasteiger partial charge in [-0.2, -0.15) is 0 Å². The van der Waals surface area contributed by atoms with Crippen molar-refractivity contribution in [3.63, 3.8) is 0 Å². The monoisotopic (exact) mass is 839 g/mol. The van der Waals surface area contributed by atoms with Gasteiger partial charge in [0.25, 0.3) is 23.6 Å². The molecule has 0 bridgehead atoms. The molecule has 1 fully saturated rings. The Morgan fingerprint density at radius 3 is 2.22 bits per heavy atom. The summed E-state index contributed by atoms with van der Waals surface area (Å²) >= 11 is 1.48. The van der Waals surface area contributed by atoms with Crippen LogP contribution in [0.25, 0.3) is 0 Å². The fourth-order valence-corrected chi connectivity index (χ4v) is 7.35. The minimum Gasteiger partial charge on any atom is -0.352 e. The van der Waals surface area contributed by atoms with Crippen LogP contribution in [-0.2, 0) is 33.6 Å². The van der Waals surface area contributed by atoms with E-state index >= 15 is 0 Å². The first-order chi connectivity index (χ1) is 27.5. The second-order valence-corrected chi connectivity index (χ2v) is 16.3. The van der Waals surface area contributed by atoms with Crippen molar-refractivity contribution < 1.29 is 48.0 Å². The highest BCUT2D eigenvalue weighted by molar-refractivity contribution is 7.93. The fourth-order valence-electron chi connectivity index (χ4n) is 6.83. The summed E-state index contributed by atoms with van der Waals surface area (Å²) in [4.78, 5) is 86.1. The maximum Gasteiger partial charge on any atom is 0.361 e. The average Bonchev–Trinajstić information content (AvgIpc) is 3.74. The molecule has 1 unspecified atom stereocenters. The van der Waals surface area contributed by atoms with E-state index < -0.39 is 53.2 Å². The number of fused-ring (bicyclic) bond motifs is 2. The largest absolute Gasteiger partial charge is 0.361 e. The molecule has 5 rings (SSSR count). The molecule has 1 atom stereocenters. The van der Waals surface area contributed by atoms with E-state index in [0.717, 1.165) is 51.7 Å². The second kappa shape index (κ2) is 18.9. The van der Waals surface area contributed by atoms with Gasteiger partial charge in [-0.15, -0.1) is 5.06 Å². The van der Waals surface area contributed by atoms with E-state index in [1.165, 1.54) is 14.1 Å². The summed E-state index contributed by atoms with van der Waals surface area (Å²) in [5, 5.41) is 11.7. The molecular weight excluding hydrogens is 791 g/mol. The number of rotatable bonds is 17. The SMILES string of the molecule is CN(O)C(=O)C1=CN(CCCSO)C2=N/C(=C/C=C/C=C/C3=NC4C(=CC(C(=O)N(C)OCC(=O)ON5C(=O)CCC5=O)=CN4CCCSO)C3(C)C)C(C)(C)C2=C1. The Kier molecular flexibility index (Phi) is 14.4. The predicted octanol–water partition coefficient (Wildman–Crippen LogP) is 4.52. The first kappa shape index (κ1) is 44.3. The van der Waals surface area contributed by atoms with Crippen LogP contribution in [0.1, 0.15) is 53.4 Å². The third-order valence-electron chi connectivity index (χ3n) is 10.1. The van der Waals surface area contributed by atoms with Crippen LogP contribution >= 0.6 is 24.1 Å². The molecule has 58 heavy (non-hydrogen) atoms. The maximum atomic E-state index is 13.6. The molecule has 0 aromatic heterocycles. The van der Waals surface area contributed by atoms with Crippen molar-refractivity contribution in [1.29, 1.82) is 0 Å². The highest BCUT2D eigenvalue weighted by atomic mass is 32.2. The lowest BCUT2D eigenvalue weighted by molar-refractivity contribution is -0.211. The van der Waals surface area contributed by atoms with Crippen molar-refractivity contribution in [1.82, 2.24) is 25.0 Å². The van der Waals surface area contributed by atoms with Gasteiger partial charge in [-0.25, -0.2) is 19.9 Å². The molecule has 0 spiro atoms. The Labute approximate surface area is 345 Å². The molecule has 0 radical (unpaired) electrons. The first-order valence-electron chi connectivity index (χ1n) is 18.6. The number of hydroxylamine groups is 6. The molecule has 312 valence electrons. The van der Waals surface area contributed by atoms with Crippen LogP contribution in [0.2, 0.25) is 0 Å². The number of hydrogen-bond acceptors (Lipinski definition) is 16. The smallest absolute Gasteiger partial charge is 0.352 e. The van der Waals surface area contributed by atoms with Crippen molar-refractivity contribution in [3.05, 3.63) is 82.9 Å². The van der Waals surface area contributed by atoms with Crippen LogP contribution in [0.4, 0.5) is 0 Å². The standard InChI is InChI=1S/C39H49N7O10S2/c1-38(2)27-20-25(36(50)42(5)52)22-44(16-10-18-57-53)34(27)40-29(38)12-8-7-9-13-30-39(3,4)28-21-26(23-45(35(28)41-30)17-11-19-58-54)37(51)43(6)55-24-33(49)56-46-31(47)14-15-32(46)48/h7-9,12-13,20-23,35,52-54H,10-11,14-19,24H2,1-6H3/b8-7+,13-9+,29-12+. The molecule has 1 saturated heterocycles. The first-order valence-corrected chi connectivity index (χ1v) is 20.5. The normalized spacial score (nSPS) is 21.5. The molecular formula is C39H49N7O10S2. The molecule has 0 aromatic carbocycles. The number of carbonyl (C=O) groups is 5. The Morgan fingerprint density at radius 2 is 1.57 bits per heavy atom. The molecule has 4 amide bonds. The number of nitrogens with zero attached hydrogens (tertiary/aromatic N) is 7. The molecule has 0 saturated carbocycles. The van der Waals surface area contributed by atoms with Crippen LogP contribution in [-0.4, -0.2) is 132 Å². The molecule has 5 aliphatic rings. The van der Waals surface area contributed by atoms with E-state index in [9.17, 15) is 38.3 Å². The van der Waals surface area contributed by atoms with Gasteiger partial charge in [-0.3, -0.25) is 34.2 Å². The van der Waals surface area contributed by atoms with Crippen molar-refractivity contribution in [2.24, 2.45) is 20.8 Å². The number of amidine groups is 1. The average molecular weight is 840 g/mol. The molecule has 19 heteroatoms. The highest BCUT2D eigenvalue weighted by Crippen LogP contribution is 2.46. The van der Waals surface area contributed by atoms with Crippen LogP contribution in [0.5, 0.6) is 0 Å². The van der Waals surface area contributed by atoms with Gasteiger partial charge in [0.1, 0.15) is 12.0 Å². The van der Waals surface area contributed by atoms with Gasteiger partial charge >= 0.3 is 5.97 Å². The highest BCUT2D eigenvalue weighted by Gasteiger charge is 2.44. The molecule has 5 heterocycles. The third-order valence-corrected chi connectivity index (χ3v) is 11.1. The van der Waals surface area contributed by atoms with Crippen LogP contribution < -0.4 is 0 Å². The Morgan fingerprint density at radius 1 is 0.914 bits per heavy atom. The number of aliphatic imine (C=N–C) groups is 2. The van der Waals surface area contributed by atoms with Gasteiger partial charge in [0.15, 0.2) is 6.61 Å². The Bertz CT molecular complexity index is 1960. The predicted molar refractivity (Wildman–Crippen MR) is 218 cm³/mol. The summed E-state index contributed by atoms with van der Waals surface area (Å²) in [6, 6.07) is 0. The lowest BCUT2D eigenvalue weighted by Gasteiger charge is -2.34. The summed E-state index contributed by atoms with van der Waals surface area (Å²) in [5.74, 6) is -1.67. The van der Waals surface area contributed by atoms with Crippen molar-refractivity contribution in [3.8, 4) is 0 Å². The fraction of sp³-hybridized carbons (Fsp3) is 0.462. The third kappa shape index (κ3) is 9.73. The van der Waals surface area contributed by atoms with Crippen LogP contribution in [0.15, 0.2) is 92.9 Å². The van der Waals surface area contributed by atoms with Crippen LogP contribution in [0, 0.1) is 10.8 Å². The maximum absolute atomic E-state index is 13.6. The zero-order valence-corrected chi connectivity index (χ0v) is 34.9. The minimum absolute atomic E-state index is 0.0496. The lowest BCUT2D eigenvalue weighted by atomic mass is 9.78. The van der Waals surface area contributed by atoms with Crippen molar-refractivity contribution in [2.45, 2.75) is 59.5 Å². The summed E-state index contributed by atoms with van der Waals surface area (Å²) < 4.78 is 18.6. The Hall–Kier alpha value is -4.79. The van der Waals surface area contributed by atoms with Gasteiger partial charge in [-0.05, 0) is 66.8 Å². The van der Waals surface area contributed by atoms with E-state index in [4.69, 9.17) is 19.7 Å². The second-order valence-electron chi connectivity index (χ2n) is 15.0.